The van der Waals surface area contributed by atoms with E-state index in [0.717, 1.165) is 28.3 Å². The van der Waals surface area contributed by atoms with Crippen LogP contribution < -0.4 is 5.32 Å². The van der Waals surface area contributed by atoms with Gasteiger partial charge in [0.2, 0.25) is 5.91 Å². The van der Waals surface area contributed by atoms with Gasteiger partial charge in [-0.05, 0) is 33.8 Å². The molecule has 0 radical (unpaired) electrons. The number of rotatable bonds is 6. The monoisotopic (exact) mass is 317 g/mol. The molecule has 0 aromatic carbocycles. The Morgan fingerprint density at radius 1 is 1.22 bits per heavy atom. The fourth-order valence-electron chi connectivity index (χ4n) is 2.44. The number of amides is 1. The van der Waals surface area contributed by atoms with Crippen molar-refractivity contribution in [2.45, 2.75) is 34.1 Å². The van der Waals surface area contributed by atoms with E-state index in [9.17, 15) is 4.79 Å². The van der Waals surface area contributed by atoms with Gasteiger partial charge in [0.1, 0.15) is 0 Å². The van der Waals surface area contributed by atoms with E-state index in [0.29, 0.717) is 19.1 Å². The van der Waals surface area contributed by atoms with Crippen molar-refractivity contribution in [3.8, 4) is 5.95 Å². The van der Waals surface area contributed by atoms with E-state index < -0.39 is 0 Å². The van der Waals surface area contributed by atoms with Crippen molar-refractivity contribution in [1.82, 2.24) is 25.1 Å². The smallest absolute Gasteiger partial charge is 0.251 e. The summed E-state index contributed by atoms with van der Waals surface area (Å²) in [6.45, 7) is 8.67. The van der Waals surface area contributed by atoms with Gasteiger partial charge in [-0.25, -0.2) is 14.6 Å². The number of hydrogen-bond donors (Lipinski definition) is 1. The number of aryl methyl sites for hydroxylation is 3. The molecule has 0 unspecified atom stereocenters. The summed E-state index contributed by atoms with van der Waals surface area (Å²) >= 11 is 0. The molecule has 23 heavy (non-hydrogen) atoms. The zero-order valence-electron chi connectivity index (χ0n) is 14.3. The van der Waals surface area contributed by atoms with Crippen molar-refractivity contribution in [3.05, 3.63) is 34.4 Å². The zero-order valence-corrected chi connectivity index (χ0v) is 14.3. The predicted octanol–water partition coefficient (Wildman–Crippen LogP) is 1.20. The van der Waals surface area contributed by atoms with Gasteiger partial charge in [-0.3, -0.25) is 4.79 Å². The third-order valence-electron chi connectivity index (χ3n) is 3.57. The molecule has 0 aliphatic heterocycles. The standard InChI is InChI=1S/C16H23N5O2/c1-10-8-11(2)19-16(18-10)21-13(4)14(12(3)20-21)9-15(22)17-6-7-23-5/h8H,6-7,9H2,1-5H3,(H,17,22). The first kappa shape index (κ1) is 17.1. The number of carbonyl (C=O) groups is 1. The topological polar surface area (TPSA) is 81.9 Å². The van der Waals surface area contributed by atoms with Crippen LogP contribution in [0.5, 0.6) is 0 Å². The maximum absolute atomic E-state index is 12.0. The quantitative estimate of drug-likeness (QED) is 0.810. The molecular weight excluding hydrogens is 294 g/mol. The van der Waals surface area contributed by atoms with Gasteiger partial charge in [0, 0.05) is 36.3 Å². The van der Waals surface area contributed by atoms with E-state index in [1.807, 2.05) is 33.8 Å². The average molecular weight is 317 g/mol. The molecule has 0 saturated carbocycles. The van der Waals surface area contributed by atoms with Crippen molar-refractivity contribution >= 4 is 5.91 Å². The maximum atomic E-state index is 12.0. The molecular formula is C16H23N5O2. The molecule has 7 heteroatoms. The molecule has 0 aliphatic rings. The lowest BCUT2D eigenvalue weighted by molar-refractivity contribution is -0.120. The van der Waals surface area contributed by atoms with Crippen LogP contribution in [0, 0.1) is 27.7 Å². The van der Waals surface area contributed by atoms with E-state index in [1.54, 1.807) is 11.8 Å². The number of nitrogens with one attached hydrogen (secondary N) is 1. The van der Waals surface area contributed by atoms with Crippen LogP contribution in [-0.2, 0) is 16.0 Å². The molecule has 0 spiro atoms. The van der Waals surface area contributed by atoms with Crippen LogP contribution in [0.15, 0.2) is 6.07 Å². The van der Waals surface area contributed by atoms with Gasteiger partial charge >= 0.3 is 0 Å². The molecule has 2 aromatic rings. The van der Waals surface area contributed by atoms with E-state index in [-0.39, 0.29) is 12.3 Å². The lowest BCUT2D eigenvalue weighted by atomic mass is 10.1. The number of hydrogen-bond acceptors (Lipinski definition) is 5. The van der Waals surface area contributed by atoms with E-state index in [1.165, 1.54) is 0 Å². The minimum absolute atomic E-state index is 0.0471. The summed E-state index contributed by atoms with van der Waals surface area (Å²) < 4.78 is 6.63. The number of ether oxygens (including phenoxy) is 1. The summed E-state index contributed by atoms with van der Waals surface area (Å²) in [5, 5.41) is 7.32. The Morgan fingerprint density at radius 2 is 1.87 bits per heavy atom. The van der Waals surface area contributed by atoms with Crippen LogP contribution in [0.3, 0.4) is 0 Å². The third-order valence-corrected chi connectivity index (χ3v) is 3.57. The van der Waals surface area contributed by atoms with Crippen molar-refractivity contribution in [3.63, 3.8) is 0 Å². The molecule has 0 atom stereocenters. The molecule has 2 aromatic heterocycles. The Morgan fingerprint density at radius 3 is 2.48 bits per heavy atom. The van der Waals surface area contributed by atoms with Gasteiger partial charge in [0.15, 0.2) is 0 Å². The lowest BCUT2D eigenvalue weighted by Gasteiger charge is -2.06. The summed E-state index contributed by atoms with van der Waals surface area (Å²) in [7, 11) is 1.61. The van der Waals surface area contributed by atoms with E-state index in [2.05, 4.69) is 20.4 Å². The minimum Gasteiger partial charge on any atom is -0.383 e. The van der Waals surface area contributed by atoms with Gasteiger partial charge in [-0.2, -0.15) is 5.10 Å². The first-order chi connectivity index (χ1) is 10.9. The second-order valence-electron chi connectivity index (χ2n) is 5.53. The largest absolute Gasteiger partial charge is 0.383 e. The highest BCUT2D eigenvalue weighted by molar-refractivity contribution is 5.79. The Balaban J connectivity index is 2.24. The molecule has 0 aliphatic carbocycles. The Bertz CT molecular complexity index is 688. The summed E-state index contributed by atoms with van der Waals surface area (Å²) in [6.07, 6.45) is 0.284. The highest BCUT2D eigenvalue weighted by atomic mass is 16.5. The molecule has 0 saturated heterocycles. The fourth-order valence-corrected chi connectivity index (χ4v) is 2.44. The van der Waals surface area contributed by atoms with E-state index in [4.69, 9.17) is 4.74 Å². The van der Waals surface area contributed by atoms with Crippen LogP contribution in [0.2, 0.25) is 0 Å². The second-order valence-corrected chi connectivity index (χ2v) is 5.53. The summed E-state index contributed by atoms with van der Waals surface area (Å²) in [6, 6.07) is 1.92. The van der Waals surface area contributed by atoms with Gasteiger partial charge < -0.3 is 10.1 Å². The Hall–Kier alpha value is -2.28. The number of carbonyl (C=O) groups excluding carboxylic acids is 1. The zero-order chi connectivity index (χ0) is 17.0. The van der Waals surface area contributed by atoms with Crippen molar-refractivity contribution in [1.29, 1.82) is 0 Å². The molecule has 1 N–H and O–H groups in total. The molecule has 7 nitrogen and oxygen atoms in total. The highest BCUT2D eigenvalue weighted by Crippen LogP contribution is 2.17. The number of methoxy groups -OCH3 is 1. The van der Waals surface area contributed by atoms with Crippen LogP contribution >= 0.6 is 0 Å². The van der Waals surface area contributed by atoms with Gasteiger partial charge in [-0.1, -0.05) is 0 Å². The molecule has 0 bridgehead atoms. The Kier molecular flexibility index (Phi) is 5.44. The van der Waals surface area contributed by atoms with Crippen LogP contribution in [0.1, 0.15) is 28.3 Å². The summed E-state index contributed by atoms with van der Waals surface area (Å²) in [5.41, 5.74) is 4.38. The van der Waals surface area contributed by atoms with Gasteiger partial charge in [-0.15, -0.1) is 0 Å². The summed E-state index contributed by atoms with van der Waals surface area (Å²) in [5.74, 6) is 0.489. The third kappa shape index (κ3) is 4.13. The van der Waals surface area contributed by atoms with E-state index >= 15 is 0 Å². The normalized spacial score (nSPS) is 10.8. The van der Waals surface area contributed by atoms with Crippen molar-refractivity contribution in [2.75, 3.05) is 20.3 Å². The number of nitrogens with zero attached hydrogens (tertiary/aromatic N) is 4. The van der Waals surface area contributed by atoms with Crippen molar-refractivity contribution < 1.29 is 9.53 Å². The predicted molar refractivity (Wildman–Crippen MR) is 86.7 cm³/mol. The highest BCUT2D eigenvalue weighted by Gasteiger charge is 2.17. The molecule has 2 heterocycles. The van der Waals surface area contributed by atoms with Crippen molar-refractivity contribution in [2.24, 2.45) is 0 Å². The first-order valence-electron chi connectivity index (χ1n) is 7.55. The molecule has 124 valence electrons. The van der Waals surface area contributed by atoms with Crippen LogP contribution in [-0.4, -0.2) is 45.9 Å². The average Bonchev–Trinajstić information content (AvgIpc) is 2.75. The molecule has 0 fully saturated rings. The SMILES string of the molecule is COCCNC(=O)Cc1c(C)nn(-c2nc(C)cc(C)n2)c1C. The Labute approximate surface area is 136 Å². The minimum atomic E-state index is -0.0471. The van der Waals surface area contributed by atoms with Gasteiger partial charge in [0.05, 0.1) is 18.7 Å². The summed E-state index contributed by atoms with van der Waals surface area (Å²) in [4.78, 5) is 20.9. The molecule has 2 rings (SSSR count). The maximum Gasteiger partial charge on any atom is 0.251 e. The number of aromatic nitrogens is 4. The van der Waals surface area contributed by atoms with Crippen LogP contribution in [0.4, 0.5) is 0 Å². The first-order valence-corrected chi connectivity index (χ1v) is 7.55. The van der Waals surface area contributed by atoms with Crippen LogP contribution in [0.25, 0.3) is 5.95 Å². The lowest BCUT2D eigenvalue weighted by Crippen LogP contribution is -2.28. The fraction of sp³-hybridized carbons (Fsp3) is 0.500. The molecule has 1 amide bonds. The van der Waals surface area contributed by atoms with Gasteiger partial charge in [0.25, 0.3) is 5.95 Å². The second kappa shape index (κ2) is 7.32.